The number of hydrogen-bond donors (Lipinski definition) is 1. The van der Waals surface area contributed by atoms with Crippen molar-refractivity contribution in [3.63, 3.8) is 0 Å². The van der Waals surface area contributed by atoms with Gasteiger partial charge in [-0.15, -0.1) is 8.78 Å². The third-order valence-electron chi connectivity index (χ3n) is 1.43. The molecule has 0 saturated carbocycles. The van der Waals surface area contributed by atoms with Crippen molar-refractivity contribution >= 4 is 23.5 Å². The van der Waals surface area contributed by atoms with Gasteiger partial charge in [0.25, 0.3) is 0 Å². The van der Waals surface area contributed by atoms with Crippen molar-refractivity contribution < 1.29 is 13.5 Å². The Bertz CT molecular complexity index is 370. The van der Waals surface area contributed by atoms with Gasteiger partial charge in [0.2, 0.25) is 11.9 Å². The van der Waals surface area contributed by atoms with Crippen molar-refractivity contribution in [3.8, 4) is 6.01 Å². The molecule has 0 radical (unpaired) electrons. The Kier molecular flexibility index (Phi) is 3.63. The number of ether oxygens (including phenoxy) is 1. The van der Waals surface area contributed by atoms with Crippen LogP contribution in [0.4, 0.5) is 20.7 Å². The third-order valence-corrected chi connectivity index (χ3v) is 1.51. The molecule has 1 rings (SSSR count). The molecule has 6 nitrogen and oxygen atoms in total. The molecule has 9 heteroatoms. The molecule has 0 aliphatic heterocycles. The first-order valence-corrected chi connectivity index (χ1v) is 4.56. The smallest absolute Gasteiger partial charge is 0.385 e. The Morgan fingerprint density at radius 2 is 1.94 bits per heavy atom. The summed E-state index contributed by atoms with van der Waals surface area (Å²) in [6, 6.07) is -0.553. The summed E-state index contributed by atoms with van der Waals surface area (Å²) >= 11 is 4.61. The number of halogens is 3. The molecule has 90 valence electrons. The second-order valence-corrected chi connectivity index (χ2v) is 3.37. The number of hydrogen-bond acceptors (Lipinski definition) is 6. The van der Waals surface area contributed by atoms with Crippen molar-refractivity contribution in [3.05, 3.63) is 0 Å². The van der Waals surface area contributed by atoms with E-state index < -0.39 is 11.6 Å². The van der Waals surface area contributed by atoms with E-state index in [1.54, 1.807) is 14.1 Å². The summed E-state index contributed by atoms with van der Waals surface area (Å²) in [5.74, 6) is 0.282. The van der Waals surface area contributed by atoms with E-state index in [1.807, 2.05) is 0 Å². The standard InChI is InChI=1S/C7H10ClF2N5O/c1-11-4-12-5(15(2)3)14-6(13-4)16-7(8,9)10/h1-3H3,(H,11,12,13,14). The first-order chi connectivity index (χ1) is 7.31. The van der Waals surface area contributed by atoms with Crippen LogP contribution in [0, 0.1) is 0 Å². The summed E-state index contributed by atoms with van der Waals surface area (Å²) in [5, 5.41) is 2.59. The second kappa shape index (κ2) is 4.60. The third kappa shape index (κ3) is 3.61. The molecular weight excluding hydrogens is 244 g/mol. The van der Waals surface area contributed by atoms with Crippen LogP contribution in [-0.4, -0.2) is 41.7 Å². The molecule has 0 saturated heterocycles. The lowest BCUT2D eigenvalue weighted by Gasteiger charge is -2.13. The molecule has 0 aliphatic rings. The minimum atomic E-state index is -3.85. The number of nitrogens with one attached hydrogen (secondary N) is 1. The Morgan fingerprint density at radius 1 is 1.31 bits per heavy atom. The molecular formula is C7H10ClF2N5O. The molecule has 1 N–H and O–H groups in total. The zero-order valence-electron chi connectivity index (χ0n) is 8.83. The fourth-order valence-electron chi connectivity index (χ4n) is 0.807. The predicted octanol–water partition coefficient (Wildman–Crippen LogP) is 1.15. The molecule has 0 bridgehead atoms. The summed E-state index contributed by atoms with van der Waals surface area (Å²) < 4.78 is 28.8. The van der Waals surface area contributed by atoms with Gasteiger partial charge in [0.05, 0.1) is 0 Å². The zero-order chi connectivity index (χ0) is 12.3. The van der Waals surface area contributed by atoms with Gasteiger partial charge in [-0.1, -0.05) is 0 Å². The van der Waals surface area contributed by atoms with Gasteiger partial charge in [-0.05, 0) is 0 Å². The van der Waals surface area contributed by atoms with Crippen molar-refractivity contribution in [2.75, 3.05) is 31.4 Å². The Balaban J connectivity index is 3.04. The van der Waals surface area contributed by atoms with Crippen molar-refractivity contribution in [1.29, 1.82) is 0 Å². The Morgan fingerprint density at radius 3 is 2.38 bits per heavy atom. The SMILES string of the molecule is CNc1nc(OC(F)(F)Cl)nc(N(C)C)n1. The second-order valence-electron chi connectivity index (χ2n) is 2.93. The molecule has 1 heterocycles. The molecule has 0 spiro atoms. The summed E-state index contributed by atoms with van der Waals surface area (Å²) in [7, 11) is 4.84. The lowest BCUT2D eigenvalue weighted by Crippen LogP contribution is -2.20. The quantitative estimate of drug-likeness (QED) is 0.812. The number of alkyl halides is 3. The van der Waals surface area contributed by atoms with Crippen LogP contribution in [0.5, 0.6) is 6.01 Å². The topological polar surface area (TPSA) is 63.2 Å². The molecule has 0 atom stereocenters. The number of anilines is 2. The fourth-order valence-corrected chi connectivity index (χ4v) is 0.876. The van der Waals surface area contributed by atoms with Gasteiger partial charge in [-0.2, -0.15) is 15.0 Å². The molecule has 0 fully saturated rings. The molecule has 0 aliphatic carbocycles. The van der Waals surface area contributed by atoms with E-state index in [4.69, 9.17) is 0 Å². The average molecular weight is 254 g/mol. The van der Waals surface area contributed by atoms with Crippen LogP contribution in [0.15, 0.2) is 0 Å². The molecule has 0 aromatic carbocycles. The number of rotatable bonds is 4. The molecule has 0 unspecified atom stereocenters. The lowest BCUT2D eigenvalue weighted by molar-refractivity contribution is -0.102. The summed E-state index contributed by atoms with van der Waals surface area (Å²) in [6.45, 7) is 0. The molecule has 0 amide bonds. The van der Waals surface area contributed by atoms with Crippen LogP contribution in [-0.2, 0) is 0 Å². The van der Waals surface area contributed by atoms with Crippen LogP contribution in [0.1, 0.15) is 0 Å². The Hall–Kier alpha value is -1.44. The monoisotopic (exact) mass is 253 g/mol. The molecule has 1 aromatic rings. The highest BCUT2D eigenvalue weighted by Crippen LogP contribution is 2.23. The largest absolute Gasteiger partial charge is 0.489 e. The van der Waals surface area contributed by atoms with Crippen LogP contribution < -0.4 is 15.0 Å². The van der Waals surface area contributed by atoms with E-state index in [0.717, 1.165) is 0 Å². The van der Waals surface area contributed by atoms with Gasteiger partial charge in [0.1, 0.15) is 0 Å². The summed E-state index contributed by atoms with van der Waals surface area (Å²) in [5.41, 5.74) is -3.85. The van der Waals surface area contributed by atoms with Crippen molar-refractivity contribution in [2.24, 2.45) is 0 Å². The highest BCUT2D eigenvalue weighted by molar-refractivity contribution is 6.20. The van der Waals surface area contributed by atoms with Gasteiger partial charge in [-0.3, -0.25) is 0 Å². The van der Waals surface area contributed by atoms with E-state index in [2.05, 4.69) is 36.6 Å². The average Bonchev–Trinajstić information content (AvgIpc) is 2.14. The maximum absolute atomic E-state index is 12.4. The molecule has 1 aromatic heterocycles. The van der Waals surface area contributed by atoms with E-state index in [1.165, 1.54) is 11.9 Å². The van der Waals surface area contributed by atoms with Gasteiger partial charge in [0, 0.05) is 32.7 Å². The highest BCUT2D eigenvalue weighted by atomic mass is 35.5. The molecule has 16 heavy (non-hydrogen) atoms. The number of nitrogens with zero attached hydrogens (tertiary/aromatic N) is 4. The first-order valence-electron chi connectivity index (χ1n) is 4.18. The highest BCUT2D eigenvalue weighted by Gasteiger charge is 2.29. The van der Waals surface area contributed by atoms with E-state index >= 15 is 0 Å². The van der Waals surface area contributed by atoms with Crippen molar-refractivity contribution in [2.45, 2.75) is 5.57 Å². The van der Waals surface area contributed by atoms with Gasteiger partial charge < -0.3 is 15.0 Å². The first kappa shape index (κ1) is 12.6. The maximum Gasteiger partial charge on any atom is 0.489 e. The normalized spacial score (nSPS) is 11.1. The Labute approximate surface area is 95.6 Å². The minimum Gasteiger partial charge on any atom is -0.385 e. The van der Waals surface area contributed by atoms with E-state index in [9.17, 15) is 8.78 Å². The lowest BCUT2D eigenvalue weighted by atomic mass is 10.7. The zero-order valence-corrected chi connectivity index (χ0v) is 9.59. The fraction of sp³-hybridized carbons (Fsp3) is 0.571. The number of aromatic nitrogens is 3. The summed E-state index contributed by atoms with van der Waals surface area (Å²) in [4.78, 5) is 12.6. The van der Waals surface area contributed by atoms with Crippen LogP contribution in [0.3, 0.4) is 0 Å². The van der Waals surface area contributed by atoms with Gasteiger partial charge >= 0.3 is 11.6 Å². The van der Waals surface area contributed by atoms with Crippen molar-refractivity contribution in [1.82, 2.24) is 15.0 Å². The minimum absolute atomic E-state index is 0.106. The van der Waals surface area contributed by atoms with E-state index in [-0.39, 0.29) is 11.9 Å². The van der Waals surface area contributed by atoms with E-state index in [0.29, 0.717) is 0 Å². The summed E-state index contributed by atoms with van der Waals surface area (Å²) in [6.07, 6.45) is 0. The van der Waals surface area contributed by atoms with Gasteiger partial charge in [-0.25, -0.2) is 0 Å². The van der Waals surface area contributed by atoms with Crippen LogP contribution in [0.25, 0.3) is 0 Å². The van der Waals surface area contributed by atoms with Crippen LogP contribution in [0.2, 0.25) is 0 Å². The maximum atomic E-state index is 12.4. The van der Waals surface area contributed by atoms with Gasteiger partial charge in [0.15, 0.2) is 0 Å². The van der Waals surface area contributed by atoms with Crippen LogP contribution >= 0.6 is 11.6 Å². The predicted molar refractivity (Wildman–Crippen MR) is 55.1 cm³/mol.